The van der Waals surface area contributed by atoms with Crippen molar-refractivity contribution in [1.29, 1.82) is 0 Å². The van der Waals surface area contributed by atoms with Crippen LogP contribution in [-0.4, -0.2) is 48.7 Å². The van der Waals surface area contributed by atoms with Crippen LogP contribution in [0.5, 0.6) is 0 Å². The summed E-state index contributed by atoms with van der Waals surface area (Å²) in [6.07, 6.45) is 12.3. The van der Waals surface area contributed by atoms with Crippen molar-refractivity contribution in [1.82, 2.24) is 34.9 Å². The Morgan fingerprint density at radius 1 is 1.03 bits per heavy atom. The van der Waals surface area contributed by atoms with Crippen LogP contribution in [0.15, 0.2) is 61.2 Å². The zero-order valence-electron chi connectivity index (χ0n) is 22.4. The van der Waals surface area contributed by atoms with Gasteiger partial charge in [-0.2, -0.15) is 5.10 Å². The summed E-state index contributed by atoms with van der Waals surface area (Å²) >= 11 is 0. The highest BCUT2D eigenvalue weighted by molar-refractivity contribution is 5.93. The number of hydrogen-bond acceptors (Lipinski definition) is 8. The monoisotopic (exact) mass is 519 g/mol. The van der Waals surface area contributed by atoms with Crippen molar-refractivity contribution >= 4 is 33.9 Å². The Hall–Kier alpha value is -4.11. The molecular formula is C30H33N9. The number of rotatable bonds is 6. The maximum Gasteiger partial charge on any atom is 0.162 e. The highest BCUT2D eigenvalue weighted by Crippen LogP contribution is 2.42. The number of pyridine rings is 3. The second-order valence-electron chi connectivity index (χ2n) is 11.5. The van der Waals surface area contributed by atoms with Gasteiger partial charge in [-0.25, -0.2) is 19.5 Å². The number of fused-ring (bicyclic) bond motifs is 2. The van der Waals surface area contributed by atoms with Gasteiger partial charge >= 0.3 is 0 Å². The average molecular weight is 520 g/mol. The standard InChI is InChI=1S/C30H33N9/c1-30(2)18-31-11-10-24(30)35-29-27-22(19-6-5-7-19)16-32-17-23(27)34-28(37-29)20-9-12-33-25(14-20)36-26-15-21-8-3-4-13-39(21)38-26/h3-4,8-9,12-17,19,24,31H,5-7,10-11,18H2,1-2H3,(H,33,36,38)(H,34,35,37). The zero-order chi connectivity index (χ0) is 26.4. The van der Waals surface area contributed by atoms with Gasteiger partial charge in [0.15, 0.2) is 11.6 Å². The molecule has 9 nitrogen and oxygen atoms in total. The molecule has 1 atom stereocenters. The molecule has 1 saturated heterocycles. The minimum Gasteiger partial charge on any atom is -0.366 e. The van der Waals surface area contributed by atoms with E-state index in [4.69, 9.17) is 9.97 Å². The second kappa shape index (κ2) is 9.57. The van der Waals surface area contributed by atoms with E-state index in [1.54, 1.807) is 6.20 Å². The van der Waals surface area contributed by atoms with Crippen molar-refractivity contribution < 1.29 is 0 Å². The van der Waals surface area contributed by atoms with Gasteiger partial charge in [-0.15, -0.1) is 0 Å². The number of piperidine rings is 1. The van der Waals surface area contributed by atoms with Gasteiger partial charge in [-0.3, -0.25) is 4.98 Å². The summed E-state index contributed by atoms with van der Waals surface area (Å²) in [7, 11) is 0. The molecule has 2 fully saturated rings. The molecule has 5 aromatic rings. The van der Waals surface area contributed by atoms with E-state index >= 15 is 0 Å². The highest BCUT2D eigenvalue weighted by Gasteiger charge is 2.33. The Morgan fingerprint density at radius 2 is 1.95 bits per heavy atom. The minimum atomic E-state index is 0.0984. The van der Waals surface area contributed by atoms with Crippen molar-refractivity contribution in [3.05, 3.63) is 66.7 Å². The fourth-order valence-electron chi connectivity index (χ4n) is 5.74. The lowest BCUT2D eigenvalue weighted by Crippen LogP contribution is -2.49. The predicted molar refractivity (Wildman–Crippen MR) is 154 cm³/mol. The molecular weight excluding hydrogens is 486 g/mol. The van der Waals surface area contributed by atoms with Crippen molar-refractivity contribution in [2.24, 2.45) is 5.41 Å². The first-order valence-corrected chi connectivity index (χ1v) is 13.8. The van der Waals surface area contributed by atoms with Gasteiger partial charge in [0.2, 0.25) is 0 Å². The largest absolute Gasteiger partial charge is 0.366 e. The third-order valence-electron chi connectivity index (χ3n) is 8.27. The number of nitrogens with one attached hydrogen (secondary N) is 3. The molecule has 1 aliphatic carbocycles. The van der Waals surface area contributed by atoms with E-state index in [0.717, 1.165) is 53.1 Å². The summed E-state index contributed by atoms with van der Waals surface area (Å²) in [6, 6.07) is 12.2. The normalized spacial score (nSPS) is 19.2. The van der Waals surface area contributed by atoms with Crippen molar-refractivity contribution in [2.45, 2.75) is 51.5 Å². The van der Waals surface area contributed by atoms with Gasteiger partial charge in [0.05, 0.1) is 17.2 Å². The van der Waals surface area contributed by atoms with Crippen LogP contribution in [0.25, 0.3) is 27.8 Å². The van der Waals surface area contributed by atoms with Gasteiger partial charge in [0.1, 0.15) is 11.6 Å². The molecule has 0 bridgehead atoms. The molecule has 0 spiro atoms. The van der Waals surface area contributed by atoms with Gasteiger partial charge in [0.25, 0.3) is 0 Å². The van der Waals surface area contributed by atoms with E-state index in [-0.39, 0.29) is 5.41 Å². The lowest BCUT2D eigenvalue weighted by Gasteiger charge is -2.40. The lowest BCUT2D eigenvalue weighted by atomic mass is 9.78. The zero-order valence-corrected chi connectivity index (χ0v) is 22.4. The average Bonchev–Trinajstić information content (AvgIpc) is 3.31. The Kier molecular flexibility index (Phi) is 5.88. The van der Waals surface area contributed by atoms with Crippen LogP contribution in [0.4, 0.5) is 17.5 Å². The maximum atomic E-state index is 5.17. The molecule has 6 heterocycles. The van der Waals surface area contributed by atoms with E-state index in [1.165, 1.54) is 24.8 Å². The van der Waals surface area contributed by atoms with Crippen LogP contribution in [0.1, 0.15) is 51.0 Å². The molecule has 1 aliphatic heterocycles. The van der Waals surface area contributed by atoms with E-state index in [1.807, 2.05) is 59.5 Å². The first-order chi connectivity index (χ1) is 19.0. The first kappa shape index (κ1) is 24.0. The number of hydrogen-bond donors (Lipinski definition) is 3. The molecule has 7 rings (SSSR count). The summed E-state index contributed by atoms with van der Waals surface area (Å²) in [5, 5.41) is 16.5. The number of aromatic nitrogens is 6. The summed E-state index contributed by atoms with van der Waals surface area (Å²) < 4.78 is 1.84. The summed E-state index contributed by atoms with van der Waals surface area (Å²) in [5.74, 6) is 3.51. The molecule has 0 amide bonds. The SMILES string of the molecule is CC1(C)CNCCC1Nc1nc(-c2ccnc(Nc3cc4ccccn4n3)c2)nc2cncc(C3CCC3)c12. The van der Waals surface area contributed by atoms with Crippen molar-refractivity contribution in [2.75, 3.05) is 23.7 Å². The van der Waals surface area contributed by atoms with Gasteiger partial charge in [0, 0.05) is 48.2 Å². The molecule has 39 heavy (non-hydrogen) atoms. The number of anilines is 3. The summed E-state index contributed by atoms with van der Waals surface area (Å²) in [5.41, 5.74) is 4.15. The molecule has 198 valence electrons. The second-order valence-corrected chi connectivity index (χ2v) is 11.5. The van der Waals surface area contributed by atoms with Crippen LogP contribution >= 0.6 is 0 Å². The molecule has 0 radical (unpaired) electrons. The third kappa shape index (κ3) is 4.57. The lowest BCUT2D eigenvalue weighted by molar-refractivity contribution is 0.236. The number of nitrogens with zero attached hydrogens (tertiary/aromatic N) is 6. The minimum absolute atomic E-state index is 0.0984. The highest BCUT2D eigenvalue weighted by atomic mass is 15.3. The van der Waals surface area contributed by atoms with Gasteiger partial charge in [-0.05, 0) is 67.0 Å². The topological polar surface area (TPSA) is 105 Å². The Bertz CT molecular complexity index is 1620. The molecule has 9 heteroatoms. The van der Waals surface area contributed by atoms with E-state index in [9.17, 15) is 0 Å². The van der Waals surface area contributed by atoms with E-state index < -0.39 is 0 Å². The summed E-state index contributed by atoms with van der Waals surface area (Å²) in [4.78, 5) is 19.3. The van der Waals surface area contributed by atoms with Gasteiger partial charge < -0.3 is 16.0 Å². The molecule has 5 aromatic heterocycles. The van der Waals surface area contributed by atoms with E-state index in [2.05, 4.69) is 44.9 Å². The van der Waals surface area contributed by atoms with Crippen LogP contribution in [0.3, 0.4) is 0 Å². The van der Waals surface area contributed by atoms with Crippen molar-refractivity contribution in [3.8, 4) is 11.4 Å². The molecule has 2 aliphatic rings. The van der Waals surface area contributed by atoms with Crippen LogP contribution in [0, 0.1) is 5.41 Å². The fourth-order valence-corrected chi connectivity index (χ4v) is 5.74. The van der Waals surface area contributed by atoms with Crippen molar-refractivity contribution in [3.63, 3.8) is 0 Å². The Balaban J connectivity index is 1.28. The quantitative estimate of drug-likeness (QED) is 0.268. The summed E-state index contributed by atoms with van der Waals surface area (Å²) in [6.45, 7) is 6.60. The maximum absolute atomic E-state index is 5.17. The van der Waals surface area contributed by atoms with Gasteiger partial charge in [-0.1, -0.05) is 26.3 Å². The molecule has 3 N–H and O–H groups in total. The Morgan fingerprint density at radius 3 is 2.77 bits per heavy atom. The molecule has 1 saturated carbocycles. The first-order valence-electron chi connectivity index (χ1n) is 13.8. The molecule has 1 unspecified atom stereocenters. The predicted octanol–water partition coefficient (Wildman–Crippen LogP) is 5.55. The third-order valence-corrected chi connectivity index (χ3v) is 8.27. The van der Waals surface area contributed by atoms with E-state index in [0.29, 0.717) is 23.6 Å². The van der Waals surface area contributed by atoms with Crippen LogP contribution < -0.4 is 16.0 Å². The Labute approximate surface area is 227 Å². The fraction of sp³-hybridized carbons (Fsp3) is 0.367. The smallest absolute Gasteiger partial charge is 0.162 e. The van der Waals surface area contributed by atoms with Crippen LogP contribution in [0.2, 0.25) is 0 Å². The van der Waals surface area contributed by atoms with Crippen LogP contribution in [-0.2, 0) is 0 Å². The molecule has 0 aromatic carbocycles.